The lowest BCUT2D eigenvalue weighted by Gasteiger charge is -2.15. The average molecular weight is 304 g/mol. The number of carbonyl (C=O) groups excluding carboxylic acids is 1. The minimum Gasteiger partial charge on any atom is -0.465 e. The zero-order valence-corrected chi connectivity index (χ0v) is 12.9. The normalized spacial score (nSPS) is 12.0. The molecule has 2 rings (SSSR count). The van der Waals surface area contributed by atoms with E-state index in [1.54, 1.807) is 12.1 Å². The smallest absolute Gasteiger partial charge is 0.337 e. The van der Waals surface area contributed by atoms with Crippen LogP contribution in [0.25, 0.3) is 0 Å². The summed E-state index contributed by atoms with van der Waals surface area (Å²) in [6.07, 6.45) is 0. The molecule has 3 nitrogen and oxygen atoms in total. The molecule has 0 spiro atoms. The minimum absolute atomic E-state index is 0.152. The molecule has 0 aromatic heterocycles. The molecular formula is C17H18ClNO2. The van der Waals surface area contributed by atoms with Gasteiger partial charge in [-0.3, -0.25) is 0 Å². The fourth-order valence-corrected chi connectivity index (χ4v) is 2.38. The topological polar surface area (TPSA) is 38.3 Å². The maximum Gasteiger partial charge on any atom is 0.337 e. The molecule has 0 aliphatic rings. The van der Waals surface area contributed by atoms with E-state index in [4.69, 9.17) is 11.6 Å². The zero-order valence-electron chi connectivity index (χ0n) is 12.1. The van der Waals surface area contributed by atoms with Crippen molar-refractivity contribution in [3.63, 3.8) is 0 Å². The second kappa shape index (κ2) is 7.25. The van der Waals surface area contributed by atoms with Gasteiger partial charge in [0.1, 0.15) is 0 Å². The molecule has 2 aromatic rings. The maximum absolute atomic E-state index is 11.4. The first kappa shape index (κ1) is 15.5. The maximum atomic E-state index is 11.4. The van der Waals surface area contributed by atoms with E-state index in [0.717, 1.165) is 16.1 Å². The fourth-order valence-electron chi connectivity index (χ4n) is 2.08. The van der Waals surface area contributed by atoms with Crippen LogP contribution in [0.2, 0.25) is 5.02 Å². The Kier molecular flexibility index (Phi) is 5.37. The summed E-state index contributed by atoms with van der Waals surface area (Å²) in [5, 5.41) is 4.18. The number of esters is 1. The first-order chi connectivity index (χ1) is 10.1. The van der Waals surface area contributed by atoms with Crippen molar-refractivity contribution < 1.29 is 9.53 Å². The Labute approximate surface area is 129 Å². The Bertz CT molecular complexity index is 610. The third kappa shape index (κ3) is 4.06. The number of ether oxygens (including phenoxy) is 1. The molecular weight excluding hydrogens is 286 g/mol. The lowest BCUT2D eigenvalue weighted by atomic mass is 10.1. The molecule has 0 aliphatic carbocycles. The van der Waals surface area contributed by atoms with Crippen molar-refractivity contribution in [2.45, 2.75) is 19.5 Å². The molecule has 0 fully saturated rings. The van der Waals surface area contributed by atoms with Crippen LogP contribution in [0.1, 0.15) is 34.5 Å². The number of hydrogen-bond acceptors (Lipinski definition) is 3. The predicted molar refractivity (Wildman–Crippen MR) is 84.5 cm³/mol. The van der Waals surface area contributed by atoms with Gasteiger partial charge in [0.25, 0.3) is 0 Å². The van der Waals surface area contributed by atoms with Gasteiger partial charge in [-0.1, -0.05) is 41.9 Å². The highest BCUT2D eigenvalue weighted by atomic mass is 35.5. The minimum atomic E-state index is -0.320. The summed E-state index contributed by atoms with van der Waals surface area (Å²) in [6, 6.07) is 15.3. The molecule has 0 radical (unpaired) electrons. The van der Waals surface area contributed by atoms with E-state index in [9.17, 15) is 4.79 Å². The van der Waals surface area contributed by atoms with Crippen LogP contribution in [0.5, 0.6) is 0 Å². The fraction of sp³-hybridized carbons (Fsp3) is 0.235. The standard InChI is InChI=1S/C17H18ClNO2/c1-12(15-5-3-4-6-16(15)18)19-11-13-7-9-14(10-8-13)17(20)21-2/h3-10,12,19H,11H2,1-2H3/t12-/m0/s1. The summed E-state index contributed by atoms with van der Waals surface area (Å²) in [5.41, 5.74) is 2.73. The number of benzene rings is 2. The lowest BCUT2D eigenvalue weighted by molar-refractivity contribution is 0.0600. The van der Waals surface area contributed by atoms with Crippen molar-refractivity contribution in [2.24, 2.45) is 0 Å². The molecule has 0 bridgehead atoms. The molecule has 0 saturated carbocycles. The molecule has 0 unspecified atom stereocenters. The van der Waals surface area contributed by atoms with Crippen LogP contribution in [0.3, 0.4) is 0 Å². The Balaban J connectivity index is 1.97. The van der Waals surface area contributed by atoms with E-state index >= 15 is 0 Å². The van der Waals surface area contributed by atoms with E-state index in [-0.39, 0.29) is 12.0 Å². The molecule has 1 N–H and O–H groups in total. The number of carbonyl (C=O) groups is 1. The van der Waals surface area contributed by atoms with Crippen molar-refractivity contribution in [3.05, 3.63) is 70.2 Å². The first-order valence-electron chi connectivity index (χ1n) is 6.77. The molecule has 0 amide bonds. The molecule has 4 heteroatoms. The van der Waals surface area contributed by atoms with Crippen LogP contribution < -0.4 is 5.32 Å². The van der Waals surface area contributed by atoms with Crippen molar-refractivity contribution in [3.8, 4) is 0 Å². The van der Waals surface area contributed by atoms with Crippen molar-refractivity contribution in [1.82, 2.24) is 5.32 Å². The highest BCUT2D eigenvalue weighted by Crippen LogP contribution is 2.22. The Morgan fingerprint density at radius 3 is 2.48 bits per heavy atom. The Morgan fingerprint density at radius 1 is 1.19 bits per heavy atom. The Morgan fingerprint density at radius 2 is 1.86 bits per heavy atom. The highest BCUT2D eigenvalue weighted by Gasteiger charge is 2.09. The summed E-state index contributed by atoms with van der Waals surface area (Å²) < 4.78 is 4.68. The second-order valence-electron chi connectivity index (χ2n) is 4.81. The van der Waals surface area contributed by atoms with Gasteiger partial charge in [-0.05, 0) is 36.2 Å². The van der Waals surface area contributed by atoms with Crippen molar-refractivity contribution >= 4 is 17.6 Å². The number of rotatable bonds is 5. The molecule has 0 saturated heterocycles. The van der Waals surface area contributed by atoms with Crippen LogP contribution >= 0.6 is 11.6 Å². The summed E-state index contributed by atoms with van der Waals surface area (Å²) in [7, 11) is 1.38. The molecule has 110 valence electrons. The van der Waals surface area contributed by atoms with Gasteiger partial charge < -0.3 is 10.1 Å². The van der Waals surface area contributed by atoms with Gasteiger partial charge in [-0.2, -0.15) is 0 Å². The number of methoxy groups -OCH3 is 1. The van der Waals surface area contributed by atoms with Gasteiger partial charge in [0.15, 0.2) is 0 Å². The summed E-state index contributed by atoms with van der Waals surface area (Å²) in [4.78, 5) is 11.4. The van der Waals surface area contributed by atoms with Crippen LogP contribution in [0, 0.1) is 0 Å². The highest BCUT2D eigenvalue weighted by molar-refractivity contribution is 6.31. The van der Waals surface area contributed by atoms with Crippen LogP contribution in [-0.2, 0) is 11.3 Å². The van der Waals surface area contributed by atoms with E-state index in [2.05, 4.69) is 17.0 Å². The third-order valence-corrected chi connectivity index (χ3v) is 3.70. The largest absolute Gasteiger partial charge is 0.465 e. The van der Waals surface area contributed by atoms with Crippen molar-refractivity contribution in [2.75, 3.05) is 7.11 Å². The quantitative estimate of drug-likeness (QED) is 0.849. The van der Waals surface area contributed by atoms with E-state index < -0.39 is 0 Å². The molecule has 0 heterocycles. The third-order valence-electron chi connectivity index (χ3n) is 3.36. The average Bonchev–Trinajstić information content (AvgIpc) is 2.52. The van der Waals surface area contributed by atoms with Gasteiger partial charge in [0.2, 0.25) is 0 Å². The summed E-state index contributed by atoms with van der Waals surface area (Å²) >= 11 is 6.18. The van der Waals surface area contributed by atoms with Gasteiger partial charge in [-0.15, -0.1) is 0 Å². The first-order valence-corrected chi connectivity index (χ1v) is 7.14. The molecule has 21 heavy (non-hydrogen) atoms. The van der Waals surface area contributed by atoms with Crippen LogP contribution in [0.15, 0.2) is 48.5 Å². The van der Waals surface area contributed by atoms with Crippen molar-refractivity contribution in [1.29, 1.82) is 0 Å². The number of nitrogens with one attached hydrogen (secondary N) is 1. The Hall–Kier alpha value is -1.84. The van der Waals surface area contributed by atoms with Gasteiger partial charge in [0, 0.05) is 17.6 Å². The lowest BCUT2D eigenvalue weighted by Crippen LogP contribution is -2.18. The number of hydrogen-bond donors (Lipinski definition) is 1. The number of halogens is 1. The van der Waals surface area contributed by atoms with E-state index in [1.807, 2.05) is 36.4 Å². The zero-order chi connectivity index (χ0) is 15.2. The predicted octanol–water partition coefficient (Wildman–Crippen LogP) is 3.98. The second-order valence-corrected chi connectivity index (χ2v) is 5.22. The SMILES string of the molecule is COC(=O)c1ccc(CN[C@@H](C)c2ccccc2Cl)cc1. The van der Waals surface area contributed by atoms with Gasteiger partial charge >= 0.3 is 5.97 Å². The van der Waals surface area contributed by atoms with Crippen LogP contribution in [0.4, 0.5) is 0 Å². The van der Waals surface area contributed by atoms with E-state index in [1.165, 1.54) is 7.11 Å². The monoisotopic (exact) mass is 303 g/mol. The van der Waals surface area contributed by atoms with Gasteiger partial charge in [-0.25, -0.2) is 4.79 Å². The molecule has 2 aromatic carbocycles. The van der Waals surface area contributed by atoms with E-state index in [0.29, 0.717) is 12.1 Å². The summed E-state index contributed by atoms with van der Waals surface area (Å²) in [6.45, 7) is 2.78. The van der Waals surface area contributed by atoms with Gasteiger partial charge in [0.05, 0.1) is 12.7 Å². The molecule has 1 atom stereocenters. The summed E-state index contributed by atoms with van der Waals surface area (Å²) in [5.74, 6) is -0.320. The molecule has 0 aliphatic heterocycles. The van der Waals surface area contributed by atoms with Crippen LogP contribution in [-0.4, -0.2) is 13.1 Å².